The first-order chi connectivity index (χ1) is 21.9. The molecule has 4 heterocycles. The van der Waals surface area contributed by atoms with Crippen molar-refractivity contribution in [2.75, 3.05) is 13.2 Å². The number of hydrogen-bond acceptors (Lipinski definition) is 6. The molecule has 0 spiro atoms. The molecule has 0 saturated carbocycles. The molecule has 1 fully saturated rings. The summed E-state index contributed by atoms with van der Waals surface area (Å²) in [6.07, 6.45) is 5.49. The van der Waals surface area contributed by atoms with E-state index in [4.69, 9.17) is 14.8 Å². The Morgan fingerprint density at radius 2 is 1.65 bits per heavy atom. The van der Waals surface area contributed by atoms with Crippen LogP contribution in [0.25, 0.3) is 22.6 Å². The van der Waals surface area contributed by atoms with Gasteiger partial charge in [0.15, 0.2) is 11.2 Å². The molecule has 3 aromatic heterocycles. The molecule has 1 amide bonds. The molecule has 1 aliphatic heterocycles. The van der Waals surface area contributed by atoms with E-state index in [1.54, 1.807) is 10.8 Å². The van der Waals surface area contributed by atoms with Crippen molar-refractivity contribution in [3.63, 3.8) is 0 Å². The average molecular weight is 648 g/mol. The SMILES string of the molecule is CCCn1c(=O)c2c(nc(-c3cnn(C(c4ccc(C(C)C)cc4)C4CNC(=O)C4)c3)n2COCC[Si](C)(C)C)n(CCC)c1=O. The van der Waals surface area contributed by atoms with Gasteiger partial charge in [-0.15, -0.1) is 0 Å². The average Bonchev–Trinajstić information content (AvgIpc) is 3.75. The molecule has 0 aliphatic carbocycles. The molecule has 0 radical (unpaired) electrons. The second-order valence-electron chi connectivity index (χ2n) is 14.0. The van der Waals surface area contributed by atoms with Crippen LogP contribution in [-0.2, 0) is 29.4 Å². The number of nitrogens with one attached hydrogen (secondary N) is 1. The van der Waals surface area contributed by atoms with Crippen LogP contribution in [0.3, 0.4) is 0 Å². The maximum atomic E-state index is 13.9. The summed E-state index contributed by atoms with van der Waals surface area (Å²) < 4.78 is 12.9. The van der Waals surface area contributed by atoms with Crippen molar-refractivity contribution < 1.29 is 9.53 Å². The number of imidazole rings is 1. The highest BCUT2D eigenvalue weighted by atomic mass is 28.3. The zero-order chi connectivity index (χ0) is 33.2. The van der Waals surface area contributed by atoms with E-state index < -0.39 is 8.07 Å². The van der Waals surface area contributed by atoms with Crippen LogP contribution >= 0.6 is 0 Å². The molecule has 0 bridgehead atoms. The number of benzene rings is 1. The van der Waals surface area contributed by atoms with Crippen molar-refractivity contribution in [2.24, 2.45) is 5.92 Å². The van der Waals surface area contributed by atoms with Crippen molar-refractivity contribution in [3.05, 3.63) is 68.6 Å². The molecule has 11 nitrogen and oxygen atoms in total. The molecule has 1 aromatic carbocycles. The molecular formula is C34H49N7O4Si. The van der Waals surface area contributed by atoms with Gasteiger partial charge in [-0.3, -0.25) is 28.0 Å². The third kappa shape index (κ3) is 6.97. The van der Waals surface area contributed by atoms with E-state index in [1.165, 1.54) is 10.1 Å². The smallest absolute Gasteiger partial charge is 0.332 e. The molecule has 1 aliphatic rings. The van der Waals surface area contributed by atoms with E-state index in [-0.39, 0.29) is 35.8 Å². The normalized spacial score (nSPS) is 16.1. The lowest BCUT2D eigenvalue weighted by Crippen LogP contribution is -2.40. The lowest BCUT2D eigenvalue weighted by molar-refractivity contribution is -0.119. The van der Waals surface area contributed by atoms with Gasteiger partial charge in [0.1, 0.15) is 12.6 Å². The summed E-state index contributed by atoms with van der Waals surface area (Å²) in [5.41, 5.74) is 3.07. The molecule has 5 rings (SSSR count). The summed E-state index contributed by atoms with van der Waals surface area (Å²) in [5, 5.41) is 7.81. The summed E-state index contributed by atoms with van der Waals surface area (Å²) >= 11 is 0. The first-order valence-electron chi connectivity index (χ1n) is 16.7. The fraction of sp³-hybridized carbons (Fsp3) is 0.559. The van der Waals surface area contributed by atoms with E-state index in [0.717, 1.165) is 18.0 Å². The number of fused-ring (bicyclic) bond motifs is 1. The van der Waals surface area contributed by atoms with E-state index in [9.17, 15) is 14.4 Å². The Bertz CT molecular complexity index is 1790. The largest absolute Gasteiger partial charge is 0.361 e. The molecule has 46 heavy (non-hydrogen) atoms. The Balaban J connectivity index is 1.64. The molecule has 4 aromatic rings. The number of nitrogens with zero attached hydrogens (tertiary/aromatic N) is 6. The van der Waals surface area contributed by atoms with Gasteiger partial charge in [-0.05, 0) is 35.9 Å². The lowest BCUT2D eigenvalue weighted by atomic mass is 9.90. The van der Waals surface area contributed by atoms with Crippen molar-refractivity contribution in [1.82, 2.24) is 33.8 Å². The van der Waals surface area contributed by atoms with E-state index in [1.807, 2.05) is 29.3 Å². The third-order valence-electron chi connectivity index (χ3n) is 8.77. The van der Waals surface area contributed by atoms with Gasteiger partial charge in [0.05, 0.1) is 17.8 Å². The zero-order valence-electron chi connectivity index (χ0n) is 28.4. The number of rotatable bonds is 14. The second kappa shape index (κ2) is 13.9. The maximum absolute atomic E-state index is 13.9. The molecule has 2 unspecified atom stereocenters. The molecule has 248 valence electrons. The first kappa shape index (κ1) is 33.6. The van der Waals surface area contributed by atoms with Crippen molar-refractivity contribution in [2.45, 2.75) is 104 Å². The quantitative estimate of drug-likeness (QED) is 0.148. The Labute approximate surface area is 271 Å². The van der Waals surface area contributed by atoms with Gasteiger partial charge < -0.3 is 10.1 Å². The second-order valence-corrected chi connectivity index (χ2v) is 19.6. The summed E-state index contributed by atoms with van der Waals surface area (Å²) in [7, 11) is -1.34. The summed E-state index contributed by atoms with van der Waals surface area (Å²) in [5.74, 6) is 0.992. The maximum Gasteiger partial charge on any atom is 0.332 e. The van der Waals surface area contributed by atoms with Gasteiger partial charge in [0, 0.05) is 52.9 Å². The van der Waals surface area contributed by atoms with Crippen LogP contribution in [0.5, 0.6) is 0 Å². The highest BCUT2D eigenvalue weighted by Gasteiger charge is 2.33. The van der Waals surface area contributed by atoms with E-state index >= 15 is 0 Å². The number of aryl methyl sites for hydroxylation is 1. The molecule has 2 atom stereocenters. The van der Waals surface area contributed by atoms with Crippen LogP contribution in [0, 0.1) is 5.92 Å². The number of carbonyl (C=O) groups is 1. The standard InChI is InChI=1S/C34H49N7O4Si/c1-8-14-38-32-30(33(43)39(15-9-2)34(38)44)40(22-45-16-17-46(5,6)7)31(37-32)27-20-36-41(21-27)29(26-18-28(42)35-19-26)25-12-10-24(11-13-25)23(3)4/h10-13,20-21,23,26,29H,8-9,14-19,22H2,1-7H3,(H,35,42). The van der Waals surface area contributed by atoms with Gasteiger partial charge in [0.2, 0.25) is 5.91 Å². The number of amides is 1. The highest BCUT2D eigenvalue weighted by Crippen LogP contribution is 2.33. The topological polar surface area (TPSA) is 118 Å². The molecule has 1 N–H and O–H groups in total. The molecule has 12 heteroatoms. The van der Waals surface area contributed by atoms with Gasteiger partial charge in [-0.25, -0.2) is 9.78 Å². The van der Waals surface area contributed by atoms with Crippen LogP contribution in [0.4, 0.5) is 0 Å². The summed E-state index contributed by atoms with van der Waals surface area (Å²) in [6, 6.07) is 9.36. The zero-order valence-corrected chi connectivity index (χ0v) is 29.4. The van der Waals surface area contributed by atoms with Gasteiger partial charge in [-0.1, -0.05) is 71.6 Å². The lowest BCUT2D eigenvalue weighted by Gasteiger charge is -2.24. The van der Waals surface area contributed by atoms with Crippen molar-refractivity contribution >= 4 is 25.1 Å². The molecule has 1 saturated heterocycles. The van der Waals surface area contributed by atoms with Crippen LogP contribution in [0.2, 0.25) is 25.7 Å². The molecular weight excluding hydrogens is 599 g/mol. The van der Waals surface area contributed by atoms with Crippen LogP contribution in [0.15, 0.2) is 46.2 Å². The Hall–Kier alpha value is -3.77. The summed E-state index contributed by atoms with van der Waals surface area (Å²) in [4.78, 5) is 44.7. The van der Waals surface area contributed by atoms with Crippen LogP contribution in [-0.4, -0.2) is 55.6 Å². The number of carbonyl (C=O) groups excluding carboxylic acids is 1. The Morgan fingerprint density at radius 1 is 0.978 bits per heavy atom. The predicted octanol–water partition coefficient (Wildman–Crippen LogP) is 5.20. The summed E-state index contributed by atoms with van der Waals surface area (Å²) in [6.45, 7) is 17.3. The van der Waals surface area contributed by atoms with Gasteiger partial charge in [-0.2, -0.15) is 5.10 Å². The minimum absolute atomic E-state index is 0.0184. The van der Waals surface area contributed by atoms with Crippen molar-refractivity contribution in [1.29, 1.82) is 0 Å². The minimum Gasteiger partial charge on any atom is -0.361 e. The third-order valence-corrected chi connectivity index (χ3v) is 10.5. The number of aromatic nitrogens is 6. The fourth-order valence-corrected chi connectivity index (χ4v) is 6.95. The van der Waals surface area contributed by atoms with E-state index in [2.05, 4.69) is 63.1 Å². The Kier molecular flexibility index (Phi) is 10.2. The minimum atomic E-state index is -1.34. The number of ether oxygens (including phenoxy) is 1. The fourth-order valence-electron chi connectivity index (χ4n) is 6.19. The Morgan fingerprint density at radius 3 is 2.26 bits per heavy atom. The van der Waals surface area contributed by atoms with Gasteiger partial charge >= 0.3 is 5.69 Å². The number of hydrogen-bond donors (Lipinski definition) is 1. The van der Waals surface area contributed by atoms with Gasteiger partial charge in [0.25, 0.3) is 5.56 Å². The van der Waals surface area contributed by atoms with Crippen molar-refractivity contribution in [3.8, 4) is 11.4 Å². The van der Waals surface area contributed by atoms with E-state index in [0.29, 0.717) is 67.6 Å². The monoisotopic (exact) mass is 647 g/mol. The predicted molar refractivity (Wildman–Crippen MR) is 184 cm³/mol. The van der Waals surface area contributed by atoms with Crippen LogP contribution in [0.1, 0.15) is 70.0 Å². The van der Waals surface area contributed by atoms with Crippen LogP contribution < -0.4 is 16.6 Å². The first-order valence-corrected chi connectivity index (χ1v) is 20.4. The highest BCUT2D eigenvalue weighted by molar-refractivity contribution is 6.76.